The third-order valence-corrected chi connectivity index (χ3v) is 4.99. The minimum Gasteiger partial charge on any atom is -0.369 e. The highest BCUT2D eigenvalue weighted by atomic mass is 16.6. The molecule has 1 atom stereocenters. The maximum absolute atomic E-state index is 12.1. The number of carbonyl (C=O) groups is 1. The van der Waals surface area contributed by atoms with E-state index in [1.165, 1.54) is 0 Å². The molecule has 1 saturated heterocycles. The topological polar surface area (TPSA) is 88.7 Å². The SMILES string of the molecule is Cc1ccccc1-c1cc(N2CCOC(O)C2)ncc1C(C)(C)C(N)=O. The highest BCUT2D eigenvalue weighted by Crippen LogP contribution is 2.36. The summed E-state index contributed by atoms with van der Waals surface area (Å²) in [6, 6.07) is 10.00. The number of amides is 1. The highest BCUT2D eigenvalue weighted by Gasteiger charge is 2.32. The largest absolute Gasteiger partial charge is 0.369 e. The Labute approximate surface area is 153 Å². The van der Waals surface area contributed by atoms with E-state index in [0.717, 1.165) is 28.1 Å². The number of anilines is 1. The Bertz CT molecular complexity index is 820. The second-order valence-electron chi connectivity index (χ2n) is 7.16. The number of primary amides is 1. The van der Waals surface area contributed by atoms with Gasteiger partial charge in [-0.1, -0.05) is 24.3 Å². The van der Waals surface area contributed by atoms with Crippen molar-refractivity contribution in [1.82, 2.24) is 4.98 Å². The van der Waals surface area contributed by atoms with Crippen LogP contribution in [-0.2, 0) is 14.9 Å². The third kappa shape index (κ3) is 3.43. The number of aromatic nitrogens is 1. The van der Waals surface area contributed by atoms with Gasteiger partial charge in [-0.15, -0.1) is 0 Å². The lowest BCUT2D eigenvalue weighted by Crippen LogP contribution is -2.43. The number of aliphatic hydroxyl groups excluding tert-OH is 1. The summed E-state index contributed by atoms with van der Waals surface area (Å²) in [4.78, 5) is 18.6. The summed E-state index contributed by atoms with van der Waals surface area (Å²) in [5.74, 6) is 0.346. The second kappa shape index (κ2) is 7.05. The molecule has 3 N–H and O–H groups in total. The molecular formula is C20H25N3O3. The molecule has 0 radical (unpaired) electrons. The lowest BCUT2D eigenvalue weighted by Gasteiger charge is -2.32. The van der Waals surface area contributed by atoms with Gasteiger partial charge in [0.1, 0.15) is 5.82 Å². The lowest BCUT2D eigenvalue weighted by atomic mass is 9.80. The predicted octanol–water partition coefficient (Wildman–Crippen LogP) is 1.97. The van der Waals surface area contributed by atoms with E-state index in [9.17, 15) is 9.90 Å². The van der Waals surface area contributed by atoms with Crippen LogP contribution in [0.15, 0.2) is 36.5 Å². The van der Waals surface area contributed by atoms with E-state index < -0.39 is 17.6 Å². The van der Waals surface area contributed by atoms with Gasteiger partial charge in [0.2, 0.25) is 5.91 Å². The standard InChI is InChI=1S/C20H25N3O3/c1-13-6-4-5-7-14(13)15-10-17(23-8-9-26-18(24)12-23)22-11-16(15)20(2,3)19(21)25/h4-7,10-11,18,24H,8-9,12H2,1-3H3,(H2,21,25). The summed E-state index contributed by atoms with van der Waals surface area (Å²) >= 11 is 0. The molecule has 0 spiro atoms. The van der Waals surface area contributed by atoms with Crippen LogP contribution >= 0.6 is 0 Å². The number of aryl methyl sites for hydroxylation is 1. The monoisotopic (exact) mass is 355 g/mol. The zero-order valence-electron chi connectivity index (χ0n) is 15.4. The highest BCUT2D eigenvalue weighted by molar-refractivity contribution is 5.89. The van der Waals surface area contributed by atoms with Crippen molar-refractivity contribution in [3.8, 4) is 11.1 Å². The van der Waals surface area contributed by atoms with Gasteiger partial charge in [0.15, 0.2) is 6.29 Å². The molecule has 0 aliphatic carbocycles. The van der Waals surface area contributed by atoms with Crippen molar-refractivity contribution in [3.63, 3.8) is 0 Å². The summed E-state index contributed by atoms with van der Waals surface area (Å²) in [5, 5.41) is 9.78. The average molecular weight is 355 g/mol. The summed E-state index contributed by atoms with van der Waals surface area (Å²) in [6.45, 7) is 7.11. The summed E-state index contributed by atoms with van der Waals surface area (Å²) in [5.41, 5.74) is 8.66. The van der Waals surface area contributed by atoms with Crippen LogP contribution in [0, 0.1) is 6.92 Å². The number of pyridine rings is 1. The number of β-amino-alcohol motifs (C(OH)–C–C–N with tert-alkyl or cyclic N) is 1. The van der Waals surface area contributed by atoms with Crippen LogP contribution < -0.4 is 10.6 Å². The van der Waals surface area contributed by atoms with Crippen molar-refractivity contribution in [3.05, 3.63) is 47.7 Å². The molecule has 0 saturated carbocycles. The molecule has 138 valence electrons. The molecule has 1 amide bonds. The van der Waals surface area contributed by atoms with Crippen LogP contribution in [0.25, 0.3) is 11.1 Å². The second-order valence-corrected chi connectivity index (χ2v) is 7.16. The predicted molar refractivity (Wildman–Crippen MR) is 101 cm³/mol. The first-order valence-corrected chi connectivity index (χ1v) is 8.71. The van der Waals surface area contributed by atoms with E-state index in [1.54, 1.807) is 6.20 Å². The fourth-order valence-electron chi connectivity index (χ4n) is 3.19. The lowest BCUT2D eigenvalue weighted by molar-refractivity contribution is -0.122. The van der Waals surface area contributed by atoms with Crippen molar-refractivity contribution in [1.29, 1.82) is 0 Å². The van der Waals surface area contributed by atoms with Crippen LogP contribution in [-0.4, -0.2) is 42.0 Å². The molecule has 1 aliphatic heterocycles. The maximum Gasteiger partial charge on any atom is 0.227 e. The van der Waals surface area contributed by atoms with Crippen molar-refractivity contribution < 1.29 is 14.6 Å². The van der Waals surface area contributed by atoms with E-state index in [4.69, 9.17) is 10.5 Å². The van der Waals surface area contributed by atoms with Gasteiger partial charge in [0, 0.05) is 12.7 Å². The van der Waals surface area contributed by atoms with E-state index in [0.29, 0.717) is 19.7 Å². The maximum atomic E-state index is 12.1. The zero-order chi connectivity index (χ0) is 18.9. The first kappa shape index (κ1) is 18.4. The molecule has 1 aromatic heterocycles. The Kier molecular flexibility index (Phi) is 4.98. The van der Waals surface area contributed by atoms with Crippen LogP contribution in [0.5, 0.6) is 0 Å². The van der Waals surface area contributed by atoms with Gasteiger partial charge in [-0.3, -0.25) is 4.79 Å². The van der Waals surface area contributed by atoms with Crippen LogP contribution in [0.3, 0.4) is 0 Å². The van der Waals surface area contributed by atoms with Gasteiger partial charge in [0.05, 0.1) is 18.6 Å². The molecule has 6 heteroatoms. The molecule has 1 aliphatic rings. The Balaban J connectivity index is 2.14. The first-order chi connectivity index (χ1) is 12.3. The smallest absolute Gasteiger partial charge is 0.227 e. The van der Waals surface area contributed by atoms with E-state index in [2.05, 4.69) is 4.98 Å². The molecule has 2 aromatic rings. The molecule has 6 nitrogen and oxygen atoms in total. The first-order valence-electron chi connectivity index (χ1n) is 8.71. The third-order valence-electron chi connectivity index (χ3n) is 4.99. The Morgan fingerprint density at radius 1 is 1.35 bits per heavy atom. The van der Waals surface area contributed by atoms with Gasteiger partial charge in [-0.25, -0.2) is 4.98 Å². The number of benzene rings is 1. The molecule has 3 rings (SSSR count). The number of aliphatic hydroxyl groups is 1. The van der Waals surface area contributed by atoms with Crippen LogP contribution in [0.1, 0.15) is 25.0 Å². The number of ether oxygens (including phenoxy) is 1. The number of nitrogens with zero attached hydrogens (tertiary/aromatic N) is 2. The zero-order valence-corrected chi connectivity index (χ0v) is 15.4. The number of carbonyl (C=O) groups excluding carboxylic acids is 1. The van der Waals surface area contributed by atoms with Gasteiger partial charge in [0.25, 0.3) is 0 Å². The molecule has 1 fully saturated rings. The Morgan fingerprint density at radius 2 is 2.08 bits per heavy atom. The average Bonchev–Trinajstić information content (AvgIpc) is 2.61. The Morgan fingerprint density at radius 3 is 2.73 bits per heavy atom. The van der Waals surface area contributed by atoms with Crippen LogP contribution in [0.4, 0.5) is 5.82 Å². The van der Waals surface area contributed by atoms with E-state index in [1.807, 2.05) is 56.0 Å². The number of hydrogen-bond acceptors (Lipinski definition) is 5. The number of rotatable bonds is 4. The number of nitrogens with two attached hydrogens (primary N) is 1. The van der Waals surface area contributed by atoms with Crippen molar-refractivity contribution >= 4 is 11.7 Å². The van der Waals surface area contributed by atoms with Gasteiger partial charge in [-0.05, 0) is 49.1 Å². The number of hydrogen-bond donors (Lipinski definition) is 2. The van der Waals surface area contributed by atoms with Gasteiger partial charge < -0.3 is 20.5 Å². The summed E-state index contributed by atoms with van der Waals surface area (Å²) in [7, 11) is 0. The molecule has 0 bridgehead atoms. The minimum atomic E-state index is -0.854. The van der Waals surface area contributed by atoms with Crippen molar-refractivity contribution in [2.75, 3.05) is 24.6 Å². The fraction of sp³-hybridized carbons (Fsp3) is 0.400. The Hall–Kier alpha value is -2.44. The summed E-state index contributed by atoms with van der Waals surface area (Å²) in [6.07, 6.45) is 0.901. The van der Waals surface area contributed by atoms with E-state index in [-0.39, 0.29) is 0 Å². The summed E-state index contributed by atoms with van der Waals surface area (Å²) < 4.78 is 5.20. The normalized spacial score (nSPS) is 18.0. The molecule has 26 heavy (non-hydrogen) atoms. The quantitative estimate of drug-likeness (QED) is 0.875. The van der Waals surface area contributed by atoms with Crippen molar-refractivity contribution in [2.45, 2.75) is 32.5 Å². The molecular weight excluding hydrogens is 330 g/mol. The van der Waals surface area contributed by atoms with Gasteiger partial charge >= 0.3 is 0 Å². The van der Waals surface area contributed by atoms with Gasteiger partial charge in [-0.2, -0.15) is 0 Å². The number of morpholine rings is 1. The molecule has 1 aromatic carbocycles. The van der Waals surface area contributed by atoms with Crippen molar-refractivity contribution in [2.24, 2.45) is 5.73 Å². The van der Waals surface area contributed by atoms with Crippen LogP contribution in [0.2, 0.25) is 0 Å². The minimum absolute atomic E-state index is 0.360. The molecule has 1 unspecified atom stereocenters. The fourth-order valence-corrected chi connectivity index (χ4v) is 3.19. The van der Waals surface area contributed by atoms with E-state index >= 15 is 0 Å². The molecule has 2 heterocycles.